The molecule has 0 atom stereocenters. The first-order valence-electron chi connectivity index (χ1n) is 5.19. The minimum absolute atomic E-state index is 0.0831. The molecule has 0 bridgehead atoms. The van der Waals surface area contributed by atoms with Crippen LogP contribution in [0.5, 0.6) is 0 Å². The second-order valence-corrected chi connectivity index (χ2v) is 4.48. The van der Waals surface area contributed by atoms with Gasteiger partial charge in [0.05, 0.1) is 0 Å². The molecule has 0 aliphatic carbocycles. The van der Waals surface area contributed by atoms with Crippen molar-refractivity contribution in [2.45, 2.75) is 52.1 Å². The van der Waals surface area contributed by atoms with Crippen molar-refractivity contribution in [3.8, 4) is 0 Å². The van der Waals surface area contributed by atoms with E-state index in [2.05, 4.69) is 0 Å². The summed E-state index contributed by atoms with van der Waals surface area (Å²) in [5, 5.41) is 8.51. The molecule has 0 saturated carbocycles. The number of carbonyl (C=O) groups excluding carboxylic acids is 2. The van der Waals surface area contributed by atoms with E-state index in [1.54, 1.807) is 20.8 Å². The first kappa shape index (κ1) is 14.1. The Morgan fingerprint density at radius 2 is 1.80 bits per heavy atom. The SMILES string of the molecule is CC(C)(C)OC(=O)CC(=O)CCCCO. The third kappa shape index (κ3) is 9.41. The highest BCUT2D eigenvalue weighted by Crippen LogP contribution is 2.09. The molecule has 0 heterocycles. The zero-order chi connectivity index (χ0) is 11.9. The summed E-state index contributed by atoms with van der Waals surface area (Å²) in [5.74, 6) is -0.603. The van der Waals surface area contributed by atoms with Crippen LogP contribution in [0, 0.1) is 0 Å². The lowest BCUT2D eigenvalue weighted by Gasteiger charge is -2.19. The van der Waals surface area contributed by atoms with Crippen LogP contribution in [0.15, 0.2) is 0 Å². The molecule has 88 valence electrons. The molecule has 0 spiro atoms. The number of unbranched alkanes of at least 4 members (excludes halogenated alkanes) is 1. The van der Waals surface area contributed by atoms with Gasteiger partial charge >= 0.3 is 5.97 Å². The van der Waals surface area contributed by atoms with E-state index in [-0.39, 0.29) is 18.8 Å². The zero-order valence-corrected chi connectivity index (χ0v) is 9.71. The van der Waals surface area contributed by atoms with E-state index in [9.17, 15) is 9.59 Å². The van der Waals surface area contributed by atoms with Gasteiger partial charge in [-0.25, -0.2) is 0 Å². The topological polar surface area (TPSA) is 63.6 Å². The van der Waals surface area contributed by atoms with Crippen molar-refractivity contribution < 1.29 is 19.4 Å². The van der Waals surface area contributed by atoms with Gasteiger partial charge in [-0.1, -0.05) is 0 Å². The molecule has 0 radical (unpaired) electrons. The Balaban J connectivity index is 3.72. The molecule has 0 unspecified atom stereocenters. The molecule has 0 amide bonds. The number of Topliss-reactive ketones (excluding diaryl/α,β-unsaturated/α-hetero) is 1. The van der Waals surface area contributed by atoms with E-state index in [1.807, 2.05) is 0 Å². The number of hydrogen-bond donors (Lipinski definition) is 1. The third-order valence-corrected chi connectivity index (χ3v) is 1.63. The minimum Gasteiger partial charge on any atom is -0.460 e. The summed E-state index contributed by atoms with van der Waals surface area (Å²) in [7, 11) is 0. The smallest absolute Gasteiger partial charge is 0.313 e. The van der Waals surface area contributed by atoms with Crippen molar-refractivity contribution in [3.05, 3.63) is 0 Å². The van der Waals surface area contributed by atoms with Crippen molar-refractivity contribution in [1.29, 1.82) is 0 Å². The van der Waals surface area contributed by atoms with Gasteiger partial charge in [-0.3, -0.25) is 9.59 Å². The molecule has 0 aromatic rings. The van der Waals surface area contributed by atoms with E-state index in [4.69, 9.17) is 9.84 Å². The van der Waals surface area contributed by atoms with Crippen LogP contribution in [0.1, 0.15) is 46.5 Å². The van der Waals surface area contributed by atoms with Crippen molar-refractivity contribution in [2.24, 2.45) is 0 Å². The molecule has 0 aliphatic heterocycles. The average Bonchev–Trinajstić information content (AvgIpc) is 2.00. The van der Waals surface area contributed by atoms with Gasteiger partial charge in [0, 0.05) is 13.0 Å². The Hall–Kier alpha value is -0.900. The van der Waals surface area contributed by atoms with Gasteiger partial charge in [-0.2, -0.15) is 0 Å². The molecule has 4 heteroatoms. The molecular weight excluding hydrogens is 196 g/mol. The molecule has 0 aromatic heterocycles. The molecule has 0 fully saturated rings. The first-order valence-corrected chi connectivity index (χ1v) is 5.19. The molecule has 15 heavy (non-hydrogen) atoms. The van der Waals surface area contributed by atoms with Crippen LogP contribution >= 0.6 is 0 Å². The van der Waals surface area contributed by atoms with Gasteiger partial charge in [-0.05, 0) is 33.6 Å². The quantitative estimate of drug-likeness (QED) is 0.414. The van der Waals surface area contributed by atoms with Crippen LogP contribution in [-0.4, -0.2) is 29.1 Å². The third-order valence-electron chi connectivity index (χ3n) is 1.63. The number of esters is 1. The van der Waals surface area contributed by atoms with Crippen LogP contribution < -0.4 is 0 Å². The maximum Gasteiger partial charge on any atom is 0.313 e. The Morgan fingerprint density at radius 3 is 2.27 bits per heavy atom. The zero-order valence-electron chi connectivity index (χ0n) is 9.71. The highest BCUT2D eigenvalue weighted by atomic mass is 16.6. The number of carbonyl (C=O) groups is 2. The number of ether oxygens (including phenoxy) is 1. The molecule has 0 saturated heterocycles. The fraction of sp³-hybridized carbons (Fsp3) is 0.818. The van der Waals surface area contributed by atoms with Gasteiger partial charge in [0.15, 0.2) is 0 Å². The lowest BCUT2D eigenvalue weighted by molar-refractivity contribution is -0.156. The van der Waals surface area contributed by atoms with Crippen molar-refractivity contribution >= 4 is 11.8 Å². The number of aliphatic hydroxyl groups excluding tert-OH is 1. The van der Waals surface area contributed by atoms with Crippen LogP contribution in [0.3, 0.4) is 0 Å². The first-order chi connectivity index (χ1) is 6.85. The lowest BCUT2D eigenvalue weighted by atomic mass is 10.1. The van der Waals surface area contributed by atoms with Gasteiger partial charge < -0.3 is 9.84 Å². The second kappa shape index (κ2) is 6.56. The Bertz CT molecular complexity index is 215. The fourth-order valence-corrected chi connectivity index (χ4v) is 1.06. The van der Waals surface area contributed by atoms with Gasteiger partial charge in [0.25, 0.3) is 0 Å². The number of hydrogen-bond acceptors (Lipinski definition) is 4. The van der Waals surface area contributed by atoms with Crippen molar-refractivity contribution in [2.75, 3.05) is 6.61 Å². The Morgan fingerprint density at radius 1 is 1.20 bits per heavy atom. The molecular formula is C11H20O4. The van der Waals surface area contributed by atoms with Gasteiger partial charge in [-0.15, -0.1) is 0 Å². The van der Waals surface area contributed by atoms with E-state index in [0.717, 1.165) is 0 Å². The van der Waals surface area contributed by atoms with Crippen molar-refractivity contribution in [3.63, 3.8) is 0 Å². The predicted molar refractivity (Wildman–Crippen MR) is 56.4 cm³/mol. The summed E-state index contributed by atoms with van der Waals surface area (Å²) in [6, 6.07) is 0. The van der Waals surface area contributed by atoms with E-state index < -0.39 is 11.6 Å². The largest absolute Gasteiger partial charge is 0.460 e. The van der Waals surface area contributed by atoms with Crippen LogP contribution in [0.25, 0.3) is 0 Å². The molecule has 0 aliphatic rings. The van der Waals surface area contributed by atoms with Crippen LogP contribution in [-0.2, 0) is 14.3 Å². The van der Waals surface area contributed by atoms with E-state index >= 15 is 0 Å². The van der Waals surface area contributed by atoms with Crippen molar-refractivity contribution in [1.82, 2.24) is 0 Å². The molecule has 4 nitrogen and oxygen atoms in total. The number of ketones is 1. The van der Waals surface area contributed by atoms with Crippen LogP contribution in [0.4, 0.5) is 0 Å². The normalized spacial score (nSPS) is 11.2. The minimum atomic E-state index is -0.539. The lowest BCUT2D eigenvalue weighted by Crippen LogP contribution is -2.25. The highest BCUT2D eigenvalue weighted by Gasteiger charge is 2.18. The monoisotopic (exact) mass is 216 g/mol. The van der Waals surface area contributed by atoms with E-state index in [1.165, 1.54) is 0 Å². The maximum atomic E-state index is 11.2. The maximum absolute atomic E-state index is 11.2. The molecule has 1 N–H and O–H groups in total. The standard InChI is InChI=1S/C11H20O4/c1-11(2,3)15-10(14)8-9(13)6-4-5-7-12/h12H,4-8H2,1-3H3. The van der Waals surface area contributed by atoms with Gasteiger partial charge in [0.2, 0.25) is 0 Å². The summed E-state index contributed by atoms with van der Waals surface area (Å²) in [6.07, 6.45) is 1.39. The molecule has 0 rings (SSSR count). The summed E-state index contributed by atoms with van der Waals surface area (Å²) < 4.78 is 5.01. The number of rotatable bonds is 6. The summed E-state index contributed by atoms with van der Waals surface area (Å²) >= 11 is 0. The average molecular weight is 216 g/mol. The van der Waals surface area contributed by atoms with E-state index in [0.29, 0.717) is 19.3 Å². The van der Waals surface area contributed by atoms with Crippen LogP contribution in [0.2, 0.25) is 0 Å². The highest BCUT2D eigenvalue weighted by molar-refractivity contribution is 5.95. The van der Waals surface area contributed by atoms with Gasteiger partial charge in [0.1, 0.15) is 17.8 Å². The number of aliphatic hydroxyl groups is 1. The Labute approximate surface area is 90.6 Å². The Kier molecular flexibility index (Phi) is 6.17. The summed E-state index contributed by atoms with van der Waals surface area (Å²) in [6.45, 7) is 5.38. The fourth-order valence-electron chi connectivity index (χ4n) is 1.06. The summed E-state index contributed by atoms with van der Waals surface area (Å²) in [5.41, 5.74) is -0.539. The predicted octanol–water partition coefficient (Wildman–Crippen LogP) is 1.45. The second-order valence-electron chi connectivity index (χ2n) is 4.48. The summed E-state index contributed by atoms with van der Waals surface area (Å²) in [4.78, 5) is 22.4. The molecule has 0 aromatic carbocycles.